The van der Waals surface area contributed by atoms with E-state index in [9.17, 15) is 13.2 Å². The van der Waals surface area contributed by atoms with Crippen molar-refractivity contribution in [3.8, 4) is 0 Å². The van der Waals surface area contributed by atoms with Gasteiger partial charge >= 0.3 is 6.18 Å². The van der Waals surface area contributed by atoms with E-state index in [1.165, 1.54) is 12.5 Å². The van der Waals surface area contributed by atoms with E-state index in [2.05, 4.69) is 20.3 Å². The third-order valence-electron chi connectivity index (χ3n) is 2.05. The van der Waals surface area contributed by atoms with Gasteiger partial charge in [0.25, 0.3) is 0 Å². The average Bonchev–Trinajstić information content (AvgIpc) is 2.64. The number of hydrogen-bond donors (Lipinski definition) is 2. The zero-order valence-electron chi connectivity index (χ0n) is 8.17. The summed E-state index contributed by atoms with van der Waals surface area (Å²) in [5.41, 5.74) is 1.88. The lowest BCUT2D eigenvalue weighted by molar-refractivity contribution is -0.125. The van der Waals surface area contributed by atoms with Gasteiger partial charge in [0, 0.05) is 12.7 Å². The highest BCUT2D eigenvalue weighted by atomic mass is 19.4. The Labute approximate surface area is 88.9 Å². The van der Waals surface area contributed by atoms with Gasteiger partial charge in [0.2, 0.25) is 0 Å². The largest absolute Gasteiger partial charge is 0.401 e. The smallest absolute Gasteiger partial charge is 0.343 e. The van der Waals surface area contributed by atoms with Crippen LogP contribution in [0.5, 0.6) is 0 Å². The van der Waals surface area contributed by atoms with Gasteiger partial charge in [-0.1, -0.05) is 0 Å². The molecule has 2 heterocycles. The Morgan fingerprint density at radius 2 is 2.12 bits per heavy atom. The van der Waals surface area contributed by atoms with Crippen molar-refractivity contribution in [3.63, 3.8) is 0 Å². The van der Waals surface area contributed by atoms with Crippen LogP contribution in [-0.4, -0.2) is 27.7 Å². The van der Waals surface area contributed by atoms with Crippen LogP contribution in [0.2, 0.25) is 0 Å². The van der Waals surface area contributed by atoms with Crippen molar-refractivity contribution in [1.82, 2.24) is 20.3 Å². The summed E-state index contributed by atoms with van der Waals surface area (Å²) in [6.07, 6.45) is -1.21. The number of rotatable bonds is 3. The zero-order chi connectivity index (χ0) is 11.6. The summed E-state index contributed by atoms with van der Waals surface area (Å²) >= 11 is 0. The van der Waals surface area contributed by atoms with Crippen molar-refractivity contribution in [2.45, 2.75) is 12.7 Å². The van der Waals surface area contributed by atoms with Gasteiger partial charge < -0.3 is 10.3 Å². The molecule has 0 radical (unpaired) electrons. The summed E-state index contributed by atoms with van der Waals surface area (Å²) in [6.45, 7) is -0.883. The van der Waals surface area contributed by atoms with Crippen LogP contribution in [-0.2, 0) is 6.54 Å². The van der Waals surface area contributed by atoms with Crippen molar-refractivity contribution in [3.05, 3.63) is 24.2 Å². The highest BCUT2D eigenvalue weighted by Gasteiger charge is 2.26. The third-order valence-corrected chi connectivity index (χ3v) is 2.05. The van der Waals surface area contributed by atoms with Crippen molar-refractivity contribution >= 4 is 11.2 Å². The standard InChI is InChI=1S/C9H9F3N4/c10-9(11,12)4-13-3-6-1-2-14-8-7(6)15-5-16-8/h1-2,5,13H,3-4H2,(H,14,15,16). The number of pyridine rings is 1. The Hall–Kier alpha value is -1.63. The molecule has 0 saturated heterocycles. The Balaban J connectivity index is 2.07. The first-order valence-electron chi connectivity index (χ1n) is 4.61. The van der Waals surface area contributed by atoms with Gasteiger partial charge in [-0.3, -0.25) is 0 Å². The number of imidazole rings is 1. The number of fused-ring (bicyclic) bond motifs is 1. The molecule has 7 heteroatoms. The van der Waals surface area contributed by atoms with Crippen LogP contribution in [0, 0.1) is 0 Å². The minimum Gasteiger partial charge on any atom is -0.343 e. The highest BCUT2D eigenvalue weighted by molar-refractivity contribution is 5.73. The van der Waals surface area contributed by atoms with E-state index in [0.717, 1.165) is 0 Å². The fraction of sp³-hybridized carbons (Fsp3) is 0.333. The normalized spacial score (nSPS) is 12.2. The fourth-order valence-electron chi connectivity index (χ4n) is 1.39. The number of alkyl halides is 3. The summed E-state index contributed by atoms with van der Waals surface area (Å²) in [5, 5.41) is 2.32. The van der Waals surface area contributed by atoms with Gasteiger partial charge in [-0.15, -0.1) is 0 Å². The van der Waals surface area contributed by atoms with Gasteiger partial charge in [-0.2, -0.15) is 13.2 Å². The van der Waals surface area contributed by atoms with Crippen molar-refractivity contribution in [2.24, 2.45) is 0 Å². The molecule has 2 aromatic heterocycles. The molecule has 2 N–H and O–H groups in total. The molecule has 0 saturated carbocycles. The van der Waals surface area contributed by atoms with E-state index >= 15 is 0 Å². The molecule has 4 nitrogen and oxygen atoms in total. The first kappa shape index (κ1) is 10.9. The predicted octanol–water partition coefficient (Wildman–Crippen LogP) is 1.61. The molecule has 0 unspecified atom stereocenters. The van der Waals surface area contributed by atoms with Crippen molar-refractivity contribution in [1.29, 1.82) is 0 Å². The minimum atomic E-state index is -4.19. The second kappa shape index (κ2) is 4.09. The predicted molar refractivity (Wildman–Crippen MR) is 51.7 cm³/mol. The second-order valence-electron chi connectivity index (χ2n) is 3.29. The Bertz CT molecular complexity index is 477. The molecule has 0 aliphatic carbocycles. The molecule has 2 rings (SSSR count). The Kier molecular flexibility index (Phi) is 2.78. The van der Waals surface area contributed by atoms with E-state index in [-0.39, 0.29) is 6.54 Å². The maximum atomic E-state index is 11.9. The van der Waals surface area contributed by atoms with Crippen molar-refractivity contribution < 1.29 is 13.2 Å². The van der Waals surface area contributed by atoms with E-state index in [0.29, 0.717) is 16.7 Å². The number of nitrogens with zero attached hydrogens (tertiary/aromatic N) is 2. The highest BCUT2D eigenvalue weighted by Crippen LogP contribution is 2.14. The van der Waals surface area contributed by atoms with Gasteiger partial charge in [0.15, 0.2) is 5.65 Å². The van der Waals surface area contributed by atoms with Crippen LogP contribution in [0.4, 0.5) is 13.2 Å². The van der Waals surface area contributed by atoms with E-state index in [1.54, 1.807) is 6.07 Å². The first-order valence-corrected chi connectivity index (χ1v) is 4.61. The quantitative estimate of drug-likeness (QED) is 0.842. The van der Waals surface area contributed by atoms with Gasteiger partial charge in [-0.05, 0) is 11.6 Å². The third kappa shape index (κ3) is 2.48. The van der Waals surface area contributed by atoms with E-state index in [4.69, 9.17) is 0 Å². The molecule has 0 amide bonds. The molecule has 0 atom stereocenters. The summed E-state index contributed by atoms with van der Waals surface area (Å²) in [6, 6.07) is 1.66. The zero-order valence-corrected chi connectivity index (χ0v) is 8.17. The molecule has 0 aromatic carbocycles. The number of H-pyrrole nitrogens is 1. The number of aromatic amines is 1. The molecule has 86 valence electrons. The monoisotopic (exact) mass is 230 g/mol. The second-order valence-corrected chi connectivity index (χ2v) is 3.29. The van der Waals surface area contributed by atoms with Crippen LogP contribution < -0.4 is 5.32 Å². The SMILES string of the molecule is FC(F)(F)CNCc1ccnc2nc[nH]c12. The molecule has 0 spiro atoms. The van der Waals surface area contributed by atoms with Crippen LogP contribution in [0.25, 0.3) is 11.2 Å². The number of aromatic nitrogens is 3. The van der Waals surface area contributed by atoms with Crippen LogP contribution >= 0.6 is 0 Å². The van der Waals surface area contributed by atoms with Crippen molar-refractivity contribution in [2.75, 3.05) is 6.54 Å². The van der Waals surface area contributed by atoms with E-state index in [1.807, 2.05) is 0 Å². The molecule has 2 aromatic rings. The van der Waals surface area contributed by atoms with E-state index < -0.39 is 12.7 Å². The summed E-state index contributed by atoms with van der Waals surface area (Å²) in [5.74, 6) is 0. The van der Waals surface area contributed by atoms with Gasteiger partial charge in [0.05, 0.1) is 18.4 Å². The fourth-order valence-corrected chi connectivity index (χ4v) is 1.39. The lowest BCUT2D eigenvalue weighted by Gasteiger charge is -2.08. The molecular formula is C9H9F3N4. The van der Waals surface area contributed by atoms with Crippen LogP contribution in [0.1, 0.15) is 5.56 Å². The maximum absolute atomic E-state index is 11.9. The average molecular weight is 230 g/mol. The number of halogens is 3. The first-order chi connectivity index (χ1) is 7.56. The van der Waals surface area contributed by atoms with Gasteiger partial charge in [0.1, 0.15) is 0 Å². The number of nitrogens with one attached hydrogen (secondary N) is 2. The molecular weight excluding hydrogens is 221 g/mol. The van der Waals surface area contributed by atoms with Gasteiger partial charge in [-0.25, -0.2) is 9.97 Å². The molecule has 16 heavy (non-hydrogen) atoms. The molecule has 0 aliphatic heterocycles. The summed E-state index contributed by atoms with van der Waals surface area (Å²) in [4.78, 5) is 10.7. The lowest BCUT2D eigenvalue weighted by Crippen LogP contribution is -2.28. The Morgan fingerprint density at radius 3 is 2.88 bits per heavy atom. The summed E-state index contributed by atoms with van der Waals surface area (Å²) < 4.78 is 35.8. The topological polar surface area (TPSA) is 53.6 Å². The Morgan fingerprint density at radius 1 is 1.31 bits per heavy atom. The molecule has 0 bridgehead atoms. The van der Waals surface area contributed by atoms with Crippen LogP contribution in [0.15, 0.2) is 18.6 Å². The minimum absolute atomic E-state index is 0.126. The number of hydrogen-bond acceptors (Lipinski definition) is 3. The van der Waals surface area contributed by atoms with Crippen LogP contribution in [0.3, 0.4) is 0 Å². The molecule has 0 fully saturated rings. The lowest BCUT2D eigenvalue weighted by atomic mass is 10.2. The summed E-state index contributed by atoms with van der Waals surface area (Å²) in [7, 11) is 0. The molecule has 0 aliphatic rings. The maximum Gasteiger partial charge on any atom is 0.401 e.